The number of carbonyl (C=O) groups excluding carboxylic acids is 2. The summed E-state index contributed by atoms with van der Waals surface area (Å²) in [6, 6.07) is 7.40. The number of hydrogen-bond donors (Lipinski definition) is 2. The Labute approximate surface area is 146 Å². The van der Waals surface area contributed by atoms with Crippen LogP contribution in [-0.4, -0.2) is 16.7 Å². The molecule has 0 radical (unpaired) electrons. The molecule has 3 rings (SSSR count). The van der Waals surface area contributed by atoms with Crippen molar-refractivity contribution >= 4 is 23.3 Å². The molecule has 1 aliphatic rings. The second kappa shape index (κ2) is 6.81. The predicted molar refractivity (Wildman–Crippen MR) is 94.7 cm³/mol. The van der Waals surface area contributed by atoms with E-state index in [1.165, 1.54) is 0 Å². The van der Waals surface area contributed by atoms with Crippen LogP contribution in [0.1, 0.15) is 69.9 Å². The van der Waals surface area contributed by atoms with Crippen LogP contribution in [0.3, 0.4) is 0 Å². The Kier molecular flexibility index (Phi) is 4.76. The van der Waals surface area contributed by atoms with Crippen LogP contribution in [0.25, 0.3) is 0 Å². The van der Waals surface area contributed by atoms with Crippen molar-refractivity contribution in [2.24, 2.45) is 0 Å². The molecule has 1 unspecified atom stereocenters. The number of benzene rings is 1. The number of amides is 1. The molecule has 2 N–H and O–H groups in total. The summed E-state index contributed by atoms with van der Waals surface area (Å²) in [7, 11) is 0. The molecule has 1 aromatic heterocycles. The van der Waals surface area contributed by atoms with Gasteiger partial charge in [0.1, 0.15) is 5.69 Å². The molecule has 24 heavy (non-hydrogen) atoms. The maximum atomic E-state index is 12.7. The van der Waals surface area contributed by atoms with Crippen LogP contribution >= 0.6 is 11.6 Å². The molecule has 0 saturated carbocycles. The number of ketones is 1. The van der Waals surface area contributed by atoms with Crippen molar-refractivity contribution in [1.29, 1.82) is 0 Å². The number of aromatic amines is 1. The normalized spacial score (nSPS) is 15.0. The van der Waals surface area contributed by atoms with Crippen molar-refractivity contribution in [3.05, 3.63) is 57.4 Å². The molecule has 1 aromatic carbocycles. The van der Waals surface area contributed by atoms with Crippen LogP contribution in [0.2, 0.25) is 5.02 Å². The van der Waals surface area contributed by atoms with Gasteiger partial charge in [0.15, 0.2) is 5.78 Å². The zero-order valence-corrected chi connectivity index (χ0v) is 14.7. The Bertz CT molecular complexity index is 777. The molecule has 0 spiro atoms. The van der Waals surface area contributed by atoms with Crippen LogP contribution < -0.4 is 5.32 Å². The second-order valence-corrected chi connectivity index (χ2v) is 6.68. The van der Waals surface area contributed by atoms with Crippen molar-refractivity contribution in [3.63, 3.8) is 0 Å². The Morgan fingerprint density at radius 2 is 2.00 bits per heavy atom. The van der Waals surface area contributed by atoms with Gasteiger partial charge in [-0.1, -0.05) is 30.7 Å². The third-order valence-corrected chi connectivity index (χ3v) is 4.90. The number of nitrogens with one attached hydrogen (secondary N) is 2. The van der Waals surface area contributed by atoms with E-state index in [-0.39, 0.29) is 17.7 Å². The molecule has 0 aliphatic heterocycles. The minimum Gasteiger partial charge on any atom is -0.354 e. The van der Waals surface area contributed by atoms with Gasteiger partial charge in [0.2, 0.25) is 0 Å². The van der Waals surface area contributed by atoms with E-state index in [9.17, 15) is 9.59 Å². The zero-order chi connectivity index (χ0) is 17.3. The number of H-pyrrole nitrogens is 1. The summed E-state index contributed by atoms with van der Waals surface area (Å²) < 4.78 is 0. The third-order valence-electron chi connectivity index (χ3n) is 4.65. The Balaban J connectivity index is 1.84. The van der Waals surface area contributed by atoms with E-state index in [1.54, 1.807) is 0 Å². The van der Waals surface area contributed by atoms with Crippen LogP contribution in [0, 0.1) is 6.92 Å². The van der Waals surface area contributed by atoms with Crippen LogP contribution in [-0.2, 0) is 6.42 Å². The second-order valence-electron chi connectivity index (χ2n) is 6.24. The van der Waals surface area contributed by atoms with Gasteiger partial charge >= 0.3 is 0 Å². The molecule has 0 saturated heterocycles. The number of aryl methyl sites for hydroxylation is 1. The van der Waals surface area contributed by atoms with E-state index in [2.05, 4.69) is 10.3 Å². The lowest BCUT2D eigenvalue weighted by molar-refractivity contribution is 0.0929. The molecule has 1 aliphatic carbocycles. The van der Waals surface area contributed by atoms with E-state index in [0.29, 0.717) is 22.7 Å². The van der Waals surface area contributed by atoms with E-state index in [0.717, 1.165) is 36.1 Å². The van der Waals surface area contributed by atoms with Gasteiger partial charge in [0, 0.05) is 22.7 Å². The SMILES string of the molecule is CCC(NC(=O)c1[nH]c2c(c1C)C(=O)CCC2)c1ccc(Cl)cc1. The maximum Gasteiger partial charge on any atom is 0.268 e. The highest BCUT2D eigenvalue weighted by Crippen LogP contribution is 2.27. The van der Waals surface area contributed by atoms with Crippen LogP contribution in [0.5, 0.6) is 0 Å². The molecule has 5 heteroatoms. The summed E-state index contributed by atoms with van der Waals surface area (Å²) in [6.07, 6.45) is 3.00. The van der Waals surface area contributed by atoms with Crippen molar-refractivity contribution in [3.8, 4) is 0 Å². The highest BCUT2D eigenvalue weighted by atomic mass is 35.5. The summed E-state index contributed by atoms with van der Waals surface area (Å²) in [5, 5.41) is 3.73. The number of Topliss-reactive ketones (excluding diaryl/α,β-unsaturated/α-hetero) is 1. The van der Waals surface area contributed by atoms with Gasteiger partial charge in [0.25, 0.3) is 5.91 Å². The van der Waals surface area contributed by atoms with Gasteiger partial charge in [-0.2, -0.15) is 0 Å². The first-order valence-electron chi connectivity index (χ1n) is 8.32. The van der Waals surface area contributed by atoms with Gasteiger partial charge < -0.3 is 10.3 Å². The average molecular weight is 345 g/mol. The van der Waals surface area contributed by atoms with Gasteiger partial charge in [-0.05, 0) is 49.4 Å². The molecule has 0 fully saturated rings. The molecule has 1 atom stereocenters. The number of hydrogen-bond acceptors (Lipinski definition) is 2. The Morgan fingerprint density at radius 1 is 1.29 bits per heavy atom. The topological polar surface area (TPSA) is 62.0 Å². The smallest absolute Gasteiger partial charge is 0.268 e. The van der Waals surface area contributed by atoms with E-state index in [1.807, 2.05) is 38.1 Å². The standard InChI is InChI=1S/C19H21ClN2O2/c1-3-14(12-7-9-13(20)10-8-12)22-19(24)18-11(2)17-15(21-18)5-4-6-16(17)23/h7-10,14,21H,3-6H2,1-2H3,(H,22,24). The lowest BCUT2D eigenvalue weighted by Crippen LogP contribution is -2.29. The van der Waals surface area contributed by atoms with Gasteiger partial charge in [0.05, 0.1) is 6.04 Å². The summed E-state index contributed by atoms with van der Waals surface area (Å²) in [4.78, 5) is 28.0. The molecule has 0 bridgehead atoms. The summed E-state index contributed by atoms with van der Waals surface area (Å²) in [5.41, 5.74) is 3.89. The lowest BCUT2D eigenvalue weighted by atomic mass is 9.93. The minimum absolute atomic E-state index is 0.0924. The molecule has 2 aromatic rings. The van der Waals surface area contributed by atoms with Gasteiger partial charge in [-0.3, -0.25) is 9.59 Å². The van der Waals surface area contributed by atoms with Crippen molar-refractivity contribution in [2.75, 3.05) is 0 Å². The van der Waals surface area contributed by atoms with Crippen LogP contribution in [0.4, 0.5) is 0 Å². The lowest BCUT2D eigenvalue weighted by Gasteiger charge is -2.17. The number of carbonyl (C=O) groups is 2. The number of halogens is 1. The molecule has 126 valence electrons. The zero-order valence-electron chi connectivity index (χ0n) is 13.9. The predicted octanol–water partition coefficient (Wildman–Crippen LogP) is 4.38. The Hall–Kier alpha value is -2.07. The number of rotatable bonds is 4. The third kappa shape index (κ3) is 3.11. The molecular formula is C19H21ClN2O2. The molecular weight excluding hydrogens is 324 g/mol. The first-order valence-corrected chi connectivity index (χ1v) is 8.70. The molecule has 4 nitrogen and oxygen atoms in total. The first kappa shape index (κ1) is 16.8. The van der Waals surface area contributed by atoms with Crippen LogP contribution in [0.15, 0.2) is 24.3 Å². The number of aromatic nitrogens is 1. The van der Waals surface area contributed by atoms with E-state index < -0.39 is 0 Å². The largest absolute Gasteiger partial charge is 0.354 e. The van der Waals surface area contributed by atoms with Crippen molar-refractivity contribution in [2.45, 2.75) is 45.6 Å². The molecule has 1 amide bonds. The monoisotopic (exact) mass is 344 g/mol. The highest BCUT2D eigenvalue weighted by molar-refractivity contribution is 6.30. The summed E-state index contributed by atoms with van der Waals surface area (Å²) in [5.74, 6) is -0.0368. The van der Waals surface area contributed by atoms with Gasteiger partial charge in [-0.25, -0.2) is 0 Å². The molecule has 1 heterocycles. The van der Waals surface area contributed by atoms with Crippen molar-refractivity contribution in [1.82, 2.24) is 10.3 Å². The fourth-order valence-corrected chi connectivity index (χ4v) is 3.47. The summed E-state index contributed by atoms with van der Waals surface area (Å²) >= 11 is 5.93. The number of fused-ring (bicyclic) bond motifs is 1. The van der Waals surface area contributed by atoms with E-state index >= 15 is 0 Å². The van der Waals surface area contributed by atoms with E-state index in [4.69, 9.17) is 11.6 Å². The highest BCUT2D eigenvalue weighted by Gasteiger charge is 2.27. The maximum absolute atomic E-state index is 12.7. The fourth-order valence-electron chi connectivity index (χ4n) is 3.35. The Morgan fingerprint density at radius 3 is 2.62 bits per heavy atom. The van der Waals surface area contributed by atoms with Gasteiger partial charge in [-0.15, -0.1) is 0 Å². The van der Waals surface area contributed by atoms with Crippen molar-refractivity contribution < 1.29 is 9.59 Å². The average Bonchev–Trinajstić information content (AvgIpc) is 2.92. The summed E-state index contributed by atoms with van der Waals surface area (Å²) in [6.45, 7) is 3.87. The fraction of sp³-hybridized carbons (Fsp3) is 0.368. The minimum atomic E-state index is -0.170. The quantitative estimate of drug-likeness (QED) is 0.864. The first-order chi connectivity index (χ1) is 11.5.